The number of hydrogen-bond acceptors (Lipinski definition) is 0. The fourth-order valence-electron chi connectivity index (χ4n) is 0.327. The first kappa shape index (κ1) is 16.9. The van der Waals surface area contributed by atoms with E-state index in [1.807, 2.05) is 13.8 Å². The molecule has 0 rings (SSSR count). The molecule has 0 atom stereocenters. The van der Waals surface area contributed by atoms with E-state index in [0.29, 0.717) is 0 Å². The van der Waals surface area contributed by atoms with Gasteiger partial charge in [-0.05, 0) is 0 Å². The van der Waals surface area contributed by atoms with E-state index in [-0.39, 0.29) is 28.5 Å². The molecule has 0 radical (unpaired) electrons. The second-order valence-corrected chi connectivity index (χ2v) is 2.61. The molecule has 0 nitrogen and oxygen atoms in total. The van der Waals surface area contributed by atoms with Crippen molar-refractivity contribution in [3.63, 3.8) is 0 Å². The summed E-state index contributed by atoms with van der Waals surface area (Å²) in [5.41, 5.74) is 0.975. The Bertz CT molecular complexity index is 136. The normalized spacial score (nSPS) is 8.70. The van der Waals surface area contributed by atoms with Crippen LogP contribution in [0.1, 0.15) is 13.8 Å². The van der Waals surface area contributed by atoms with Gasteiger partial charge in [-0.1, -0.05) is 0 Å². The van der Waals surface area contributed by atoms with Crippen LogP contribution in [0.4, 0.5) is 0 Å². The van der Waals surface area contributed by atoms with E-state index >= 15 is 0 Å². The Morgan fingerprint density at radius 2 is 1.90 bits per heavy atom. The summed E-state index contributed by atoms with van der Waals surface area (Å²) in [4.78, 5) is 0. The van der Waals surface area contributed by atoms with Gasteiger partial charge in [0.2, 0.25) is 0 Å². The Labute approximate surface area is 87.5 Å². The Balaban J connectivity index is -0.000000245. The summed E-state index contributed by atoms with van der Waals surface area (Å²) in [6, 6.07) is 0. The molecule has 0 saturated heterocycles. The average molecular weight is 342 g/mol. The number of allylic oxidation sites excluding steroid dienone is 3. The van der Waals surface area contributed by atoms with E-state index in [0.717, 1.165) is 9.80 Å². The number of rotatable bonds is 2. The fourth-order valence-corrected chi connectivity index (χ4v) is 0.602. The fraction of sp³-hybridized carbons (Fsp3) is 0.250. The minimum absolute atomic E-state index is 0. The molecule has 0 N–H and O–H groups in total. The topological polar surface area (TPSA) is 0 Å². The summed E-state index contributed by atoms with van der Waals surface area (Å²) in [7, 11) is 0. The molecule has 0 aromatic carbocycles. The quantitative estimate of drug-likeness (QED) is 0.531. The molecule has 0 spiro atoms. The maximum atomic E-state index is 5.18. The van der Waals surface area contributed by atoms with Gasteiger partial charge in [0.1, 0.15) is 0 Å². The molecule has 0 aliphatic rings. The van der Waals surface area contributed by atoms with Crippen molar-refractivity contribution < 1.29 is 38.0 Å². The van der Waals surface area contributed by atoms with E-state index in [1.54, 1.807) is 0 Å². The predicted octanol–water partition coefficient (Wildman–Crippen LogP) is 1.91. The first-order valence-electron chi connectivity index (χ1n) is 2.35. The molecule has 55 valence electrons. The minimum Gasteiger partial charge on any atom is -0.358 e. The Morgan fingerprint density at radius 3 is 2.00 bits per heavy atom. The molecular weight excluding hydrogens is 331 g/mol. The van der Waals surface area contributed by atoms with Crippen molar-refractivity contribution in [2.45, 2.75) is 13.8 Å². The third-order valence-electron chi connectivity index (χ3n) is 0.628. The molecule has 0 aromatic rings. The smallest absolute Gasteiger partial charge is 0.358 e. The van der Waals surface area contributed by atoms with Crippen LogP contribution in [0.5, 0.6) is 0 Å². The van der Waals surface area contributed by atoms with Crippen LogP contribution in [0, 0.1) is 20.1 Å². The first-order chi connectivity index (χ1) is 3.66. The molecule has 0 unspecified atom stereocenters. The molecule has 0 amide bonds. The van der Waals surface area contributed by atoms with Gasteiger partial charge in [-0.25, -0.2) is 0 Å². The molecule has 0 fully saturated rings. The largest absolute Gasteiger partial charge is 2.00 e. The second kappa shape index (κ2) is 9.62. The van der Waals surface area contributed by atoms with Gasteiger partial charge in [-0.15, -0.1) is 0 Å². The van der Waals surface area contributed by atoms with E-state index < -0.39 is 0 Å². The Hall–Kier alpha value is 0.623. The second-order valence-electron chi connectivity index (χ2n) is 1.56. The molecule has 2 heteroatoms. The van der Waals surface area contributed by atoms with E-state index in [1.165, 1.54) is 6.08 Å². The zero-order chi connectivity index (χ0) is 6.57. The summed E-state index contributed by atoms with van der Waals surface area (Å²) < 4.78 is 1.09. The van der Waals surface area contributed by atoms with Crippen LogP contribution in [0.3, 0.4) is 0 Å². The van der Waals surface area contributed by atoms with Crippen molar-refractivity contribution >= 4 is 4.23 Å². The monoisotopic (exact) mass is 342 g/mol. The average Bonchev–Trinajstić information content (AvgIpc) is 1.65. The maximum Gasteiger partial charge on any atom is 2.00 e. The zero-order valence-corrected chi connectivity index (χ0v) is 10.8. The van der Waals surface area contributed by atoms with Crippen LogP contribution in [-0.4, -0.2) is 4.23 Å². The summed E-state index contributed by atoms with van der Waals surface area (Å²) in [5.74, 6) is 0. The van der Waals surface area contributed by atoms with Crippen molar-refractivity contribution in [1.29, 1.82) is 0 Å². The third-order valence-corrected chi connectivity index (χ3v) is 0.803. The minimum atomic E-state index is 0. The van der Waals surface area contributed by atoms with Gasteiger partial charge >= 0.3 is 80.4 Å². The predicted molar refractivity (Wildman–Crippen MR) is 38.4 cm³/mol. The summed E-state index contributed by atoms with van der Waals surface area (Å²) >= 11 is 2.40. The van der Waals surface area contributed by atoms with Crippen molar-refractivity contribution in [3.05, 3.63) is 31.7 Å². The molecule has 0 aromatic heterocycles. The third kappa shape index (κ3) is 11.4. The van der Waals surface area contributed by atoms with E-state index in [9.17, 15) is 0 Å². The van der Waals surface area contributed by atoms with Crippen LogP contribution < -0.4 is 0 Å². The molecular formula is C8H11VW-. The molecule has 0 heterocycles. The van der Waals surface area contributed by atoms with Crippen molar-refractivity contribution in [2.24, 2.45) is 0 Å². The summed E-state index contributed by atoms with van der Waals surface area (Å²) in [5, 5.41) is 0. The van der Waals surface area contributed by atoms with E-state index in [4.69, 9.17) is 6.58 Å². The van der Waals surface area contributed by atoms with Crippen LogP contribution in [-0.2, 0) is 38.0 Å². The first-order valence-corrected chi connectivity index (χ1v) is 3.04. The number of hydrogen-bond donors (Lipinski definition) is 0. The van der Waals surface area contributed by atoms with Crippen LogP contribution in [0.15, 0.2) is 11.6 Å². The Morgan fingerprint density at radius 1 is 1.50 bits per heavy atom. The van der Waals surface area contributed by atoms with Gasteiger partial charge < -0.3 is 7.43 Å². The molecule has 0 aliphatic heterocycles. The maximum absolute atomic E-state index is 5.18. The van der Waals surface area contributed by atoms with Gasteiger partial charge in [-0.2, -0.15) is 0 Å². The standard InChI is InChI=1S/C7H8.CH3.V.W/c1-4-6-7(3)5-2;;;/h2,5H,1,3H3;1H3;;/q-2;-1;;+2. The van der Waals surface area contributed by atoms with Crippen molar-refractivity contribution in [3.8, 4) is 0 Å². The molecule has 0 bridgehead atoms. The van der Waals surface area contributed by atoms with Crippen molar-refractivity contribution in [2.75, 3.05) is 0 Å². The van der Waals surface area contributed by atoms with Crippen LogP contribution in [0.25, 0.3) is 0 Å². The Kier molecular flexibility index (Phi) is 16.3. The summed E-state index contributed by atoms with van der Waals surface area (Å²) in [6.45, 7) is 9.05. The van der Waals surface area contributed by atoms with Gasteiger partial charge in [0, 0.05) is 0 Å². The SMILES string of the molecule is [CH-]=CC(C)=[C-][C](C)=[V].[CH3-].[W+2]. The molecule has 0 aliphatic carbocycles. The van der Waals surface area contributed by atoms with Gasteiger partial charge in [-0.3, -0.25) is 0 Å². The van der Waals surface area contributed by atoms with Crippen LogP contribution >= 0.6 is 0 Å². The molecule has 10 heavy (non-hydrogen) atoms. The zero-order valence-electron chi connectivity index (χ0n) is 6.51. The van der Waals surface area contributed by atoms with Gasteiger partial charge in [0.15, 0.2) is 0 Å². The van der Waals surface area contributed by atoms with Gasteiger partial charge in [0.05, 0.1) is 0 Å². The van der Waals surface area contributed by atoms with Crippen molar-refractivity contribution in [1.82, 2.24) is 0 Å². The van der Waals surface area contributed by atoms with Gasteiger partial charge in [0.25, 0.3) is 0 Å². The summed E-state index contributed by atoms with van der Waals surface area (Å²) in [6.07, 6.45) is 4.56. The van der Waals surface area contributed by atoms with Crippen LogP contribution in [0.2, 0.25) is 0 Å². The van der Waals surface area contributed by atoms with E-state index in [2.05, 4.69) is 23.1 Å². The molecule has 0 saturated carbocycles.